The van der Waals surface area contributed by atoms with Gasteiger partial charge in [0.25, 0.3) is 0 Å². The number of thioether (sulfide) groups is 1. The SMILES string of the molecule is CC1=CC[C@@H]([N+](=O)[O-])[C@@H](Sc2ccccc2)C1. The van der Waals surface area contributed by atoms with Crippen LogP contribution < -0.4 is 0 Å². The van der Waals surface area contributed by atoms with Gasteiger partial charge in [0.1, 0.15) is 0 Å². The van der Waals surface area contributed by atoms with Crippen molar-refractivity contribution in [2.24, 2.45) is 0 Å². The molecule has 0 unspecified atom stereocenters. The average molecular weight is 249 g/mol. The van der Waals surface area contributed by atoms with Crippen LogP contribution in [0.4, 0.5) is 0 Å². The second-order valence-electron chi connectivity index (χ2n) is 4.31. The van der Waals surface area contributed by atoms with Crippen LogP contribution in [-0.4, -0.2) is 16.2 Å². The minimum absolute atomic E-state index is 0.0531. The van der Waals surface area contributed by atoms with Crippen LogP contribution >= 0.6 is 11.8 Å². The van der Waals surface area contributed by atoms with E-state index in [9.17, 15) is 10.1 Å². The van der Waals surface area contributed by atoms with E-state index in [4.69, 9.17) is 0 Å². The van der Waals surface area contributed by atoms with Crippen LogP contribution in [0.5, 0.6) is 0 Å². The first-order chi connectivity index (χ1) is 8.16. The molecule has 90 valence electrons. The third kappa shape index (κ3) is 3.09. The number of hydrogen-bond donors (Lipinski definition) is 0. The Morgan fingerprint density at radius 3 is 2.71 bits per heavy atom. The largest absolute Gasteiger partial charge is 0.264 e. The molecule has 2 rings (SSSR count). The van der Waals surface area contributed by atoms with E-state index in [0.717, 1.165) is 11.3 Å². The number of rotatable bonds is 3. The molecule has 0 N–H and O–H groups in total. The Labute approximate surface area is 105 Å². The van der Waals surface area contributed by atoms with Gasteiger partial charge in [0.2, 0.25) is 6.04 Å². The van der Waals surface area contributed by atoms with E-state index < -0.39 is 6.04 Å². The van der Waals surface area contributed by atoms with Gasteiger partial charge in [0, 0.05) is 16.2 Å². The molecule has 0 fully saturated rings. The van der Waals surface area contributed by atoms with E-state index in [-0.39, 0.29) is 10.2 Å². The number of hydrogen-bond acceptors (Lipinski definition) is 3. The van der Waals surface area contributed by atoms with Crippen molar-refractivity contribution in [1.29, 1.82) is 0 Å². The van der Waals surface area contributed by atoms with Crippen LogP contribution in [0.2, 0.25) is 0 Å². The summed E-state index contributed by atoms with van der Waals surface area (Å²) >= 11 is 1.62. The molecule has 3 nitrogen and oxygen atoms in total. The van der Waals surface area contributed by atoms with Crippen molar-refractivity contribution >= 4 is 11.8 Å². The van der Waals surface area contributed by atoms with Gasteiger partial charge in [-0.05, 0) is 25.5 Å². The highest BCUT2D eigenvalue weighted by Gasteiger charge is 2.34. The zero-order valence-electron chi connectivity index (χ0n) is 9.70. The number of benzene rings is 1. The number of nitro groups is 1. The molecule has 4 heteroatoms. The Bertz CT molecular complexity index is 430. The molecule has 1 aliphatic carbocycles. The fourth-order valence-corrected chi connectivity index (χ4v) is 3.40. The van der Waals surface area contributed by atoms with E-state index >= 15 is 0 Å². The van der Waals surface area contributed by atoms with E-state index in [1.54, 1.807) is 11.8 Å². The van der Waals surface area contributed by atoms with Gasteiger partial charge in [-0.1, -0.05) is 29.8 Å². The smallest absolute Gasteiger partial charge is 0.228 e. The molecule has 0 aromatic heterocycles. The van der Waals surface area contributed by atoms with Crippen molar-refractivity contribution in [2.45, 2.75) is 36.0 Å². The lowest BCUT2D eigenvalue weighted by molar-refractivity contribution is -0.521. The van der Waals surface area contributed by atoms with Crippen molar-refractivity contribution < 1.29 is 4.92 Å². The highest BCUT2D eigenvalue weighted by atomic mass is 32.2. The van der Waals surface area contributed by atoms with E-state index in [0.29, 0.717) is 6.42 Å². The van der Waals surface area contributed by atoms with Gasteiger partial charge in [-0.2, -0.15) is 0 Å². The molecule has 17 heavy (non-hydrogen) atoms. The highest BCUT2D eigenvalue weighted by Crippen LogP contribution is 2.34. The first-order valence-electron chi connectivity index (χ1n) is 5.67. The van der Waals surface area contributed by atoms with Crippen LogP contribution in [0, 0.1) is 10.1 Å². The van der Waals surface area contributed by atoms with Gasteiger partial charge >= 0.3 is 0 Å². The zero-order valence-corrected chi connectivity index (χ0v) is 10.5. The lowest BCUT2D eigenvalue weighted by Crippen LogP contribution is -2.33. The summed E-state index contributed by atoms with van der Waals surface area (Å²) in [6, 6.07) is 9.46. The van der Waals surface area contributed by atoms with Gasteiger partial charge in [-0.15, -0.1) is 11.8 Å². The second-order valence-corrected chi connectivity index (χ2v) is 5.62. The lowest BCUT2D eigenvalue weighted by atomic mass is 9.96. The van der Waals surface area contributed by atoms with Crippen molar-refractivity contribution in [1.82, 2.24) is 0 Å². The molecule has 0 heterocycles. The number of allylic oxidation sites excluding steroid dienone is 1. The van der Waals surface area contributed by atoms with Crippen LogP contribution in [0.15, 0.2) is 46.9 Å². The standard InChI is InChI=1S/C13H15NO2S/c1-10-7-8-12(14(15)16)13(9-10)17-11-5-3-2-4-6-11/h2-7,12-13H,8-9H2,1H3/t12-,13+/m1/s1. The molecular formula is C13H15NO2S. The maximum Gasteiger partial charge on any atom is 0.228 e. The van der Waals surface area contributed by atoms with E-state index in [2.05, 4.69) is 6.92 Å². The summed E-state index contributed by atoms with van der Waals surface area (Å²) in [6.07, 6.45) is 3.37. The van der Waals surface area contributed by atoms with Gasteiger partial charge < -0.3 is 0 Å². The molecule has 1 aliphatic rings. The third-order valence-corrected chi connectivity index (χ3v) is 4.29. The molecule has 1 aromatic rings. The third-order valence-electron chi connectivity index (χ3n) is 2.96. The van der Waals surface area contributed by atoms with Crippen LogP contribution in [0.1, 0.15) is 19.8 Å². The molecule has 0 saturated heterocycles. The Hall–Kier alpha value is -1.29. The average Bonchev–Trinajstić information content (AvgIpc) is 2.30. The van der Waals surface area contributed by atoms with Crippen molar-refractivity contribution in [3.05, 3.63) is 52.1 Å². The predicted molar refractivity (Wildman–Crippen MR) is 69.9 cm³/mol. The van der Waals surface area contributed by atoms with Crippen LogP contribution in [0.25, 0.3) is 0 Å². The fourth-order valence-electron chi connectivity index (χ4n) is 2.03. The summed E-state index contributed by atoms with van der Waals surface area (Å²) in [5.74, 6) is 0. The Morgan fingerprint density at radius 1 is 1.35 bits per heavy atom. The summed E-state index contributed by atoms with van der Waals surface area (Å²) in [5, 5.41) is 11.1. The Kier molecular flexibility index (Phi) is 3.84. The predicted octanol–water partition coefficient (Wildman–Crippen LogP) is 3.53. The second kappa shape index (κ2) is 5.36. The fraction of sp³-hybridized carbons (Fsp3) is 0.385. The molecule has 0 aliphatic heterocycles. The molecule has 0 spiro atoms. The molecule has 2 atom stereocenters. The summed E-state index contributed by atoms with van der Waals surface area (Å²) in [7, 11) is 0. The van der Waals surface area contributed by atoms with E-state index in [1.165, 1.54) is 5.57 Å². The minimum atomic E-state index is -0.455. The first kappa shape index (κ1) is 12.2. The van der Waals surface area contributed by atoms with Crippen LogP contribution in [-0.2, 0) is 0 Å². The molecule has 0 amide bonds. The summed E-state index contributed by atoms with van der Waals surface area (Å²) in [5.41, 5.74) is 1.26. The molecule has 0 saturated carbocycles. The van der Waals surface area contributed by atoms with Gasteiger partial charge in [-0.25, -0.2) is 0 Å². The van der Waals surface area contributed by atoms with Crippen LogP contribution in [0.3, 0.4) is 0 Å². The number of nitrogens with zero attached hydrogens (tertiary/aromatic N) is 1. The Balaban J connectivity index is 2.12. The normalized spacial score (nSPS) is 24.2. The molecule has 0 bridgehead atoms. The quantitative estimate of drug-likeness (QED) is 0.467. The highest BCUT2D eigenvalue weighted by molar-refractivity contribution is 8.00. The van der Waals surface area contributed by atoms with Gasteiger partial charge in [0.05, 0.1) is 5.25 Å². The molecular weight excluding hydrogens is 234 g/mol. The lowest BCUT2D eigenvalue weighted by Gasteiger charge is -2.24. The van der Waals surface area contributed by atoms with E-state index in [1.807, 2.05) is 36.4 Å². The first-order valence-corrected chi connectivity index (χ1v) is 6.55. The Morgan fingerprint density at radius 2 is 2.06 bits per heavy atom. The maximum atomic E-state index is 11.0. The van der Waals surface area contributed by atoms with Gasteiger partial charge in [-0.3, -0.25) is 10.1 Å². The molecule has 0 radical (unpaired) electrons. The molecule has 1 aromatic carbocycles. The van der Waals surface area contributed by atoms with Crippen molar-refractivity contribution in [3.8, 4) is 0 Å². The topological polar surface area (TPSA) is 43.1 Å². The van der Waals surface area contributed by atoms with Crippen molar-refractivity contribution in [3.63, 3.8) is 0 Å². The summed E-state index contributed by atoms with van der Waals surface area (Å²) in [4.78, 5) is 12.0. The zero-order chi connectivity index (χ0) is 12.3. The monoisotopic (exact) mass is 249 g/mol. The summed E-state index contributed by atoms with van der Waals surface area (Å²) < 4.78 is 0. The maximum absolute atomic E-state index is 11.0. The summed E-state index contributed by atoms with van der Waals surface area (Å²) in [6.45, 7) is 2.05. The minimum Gasteiger partial charge on any atom is -0.264 e. The van der Waals surface area contributed by atoms with Crippen molar-refractivity contribution in [2.75, 3.05) is 0 Å². The van der Waals surface area contributed by atoms with Gasteiger partial charge in [0.15, 0.2) is 0 Å².